The van der Waals surface area contributed by atoms with Crippen LogP contribution < -0.4 is 15.4 Å². The summed E-state index contributed by atoms with van der Waals surface area (Å²) in [5.41, 5.74) is -4.06. The maximum Gasteiger partial charge on any atom is 0.413 e. The summed E-state index contributed by atoms with van der Waals surface area (Å²) in [6, 6.07) is -0.466. The zero-order valence-electron chi connectivity index (χ0n) is 24.2. The van der Waals surface area contributed by atoms with Crippen molar-refractivity contribution in [2.45, 2.75) is 70.2 Å². The van der Waals surface area contributed by atoms with E-state index in [1.807, 2.05) is 5.32 Å². The molecular weight excluding hydrogens is 606 g/mol. The second kappa shape index (κ2) is 11.7. The SMILES string of the molecule is COc1nonc1C(=O)N[C@@H](CCC(C)(C)C(F)(F)F)c1cn2ncc(C[C@H](OC)N3C[C@@](C)(C(F)(F)F)NC3=O)cc2n1. The number of nitrogens with zero attached hydrogens (tertiary/aromatic N) is 6. The molecule has 1 aliphatic rings. The van der Waals surface area contributed by atoms with Gasteiger partial charge in [-0.05, 0) is 41.7 Å². The minimum Gasteiger partial charge on any atom is -0.477 e. The highest BCUT2D eigenvalue weighted by Gasteiger charge is 2.58. The van der Waals surface area contributed by atoms with Gasteiger partial charge in [-0.2, -0.15) is 31.4 Å². The minimum atomic E-state index is -4.70. The van der Waals surface area contributed by atoms with E-state index in [9.17, 15) is 35.9 Å². The molecule has 242 valence electrons. The first-order chi connectivity index (χ1) is 20.4. The van der Waals surface area contributed by atoms with E-state index >= 15 is 0 Å². The molecule has 4 heterocycles. The Bertz CT molecular complexity index is 1510. The number of amides is 3. The van der Waals surface area contributed by atoms with E-state index in [0.29, 0.717) is 5.56 Å². The van der Waals surface area contributed by atoms with Gasteiger partial charge in [0.25, 0.3) is 11.8 Å². The second-order valence-corrected chi connectivity index (χ2v) is 11.2. The number of carbonyl (C=O) groups is 2. The van der Waals surface area contributed by atoms with E-state index in [2.05, 4.69) is 30.3 Å². The van der Waals surface area contributed by atoms with Gasteiger partial charge in [0.15, 0.2) is 11.2 Å². The predicted molar refractivity (Wildman–Crippen MR) is 137 cm³/mol. The number of carbonyl (C=O) groups excluding carboxylic acids is 2. The van der Waals surface area contributed by atoms with Gasteiger partial charge in [-0.25, -0.2) is 18.9 Å². The van der Waals surface area contributed by atoms with Crippen LogP contribution in [0.2, 0.25) is 0 Å². The molecule has 13 nitrogen and oxygen atoms in total. The van der Waals surface area contributed by atoms with Gasteiger partial charge in [-0.15, -0.1) is 0 Å². The molecule has 3 amide bonds. The van der Waals surface area contributed by atoms with Crippen molar-refractivity contribution >= 4 is 17.6 Å². The third-order valence-electron chi connectivity index (χ3n) is 7.54. The normalized spacial score (nSPS) is 19.2. The third-order valence-corrected chi connectivity index (χ3v) is 7.54. The molecule has 0 radical (unpaired) electrons. The Hall–Kier alpha value is -4.16. The quantitative estimate of drug-likeness (QED) is 0.300. The van der Waals surface area contributed by atoms with Crippen LogP contribution in [0.5, 0.6) is 5.88 Å². The van der Waals surface area contributed by atoms with Crippen LogP contribution in [0.4, 0.5) is 31.1 Å². The topological polar surface area (TPSA) is 149 Å². The Morgan fingerprint density at radius 1 is 1.20 bits per heavy atom. The van der Waals surface area contributed by atoms with E-state index in [4.69, 9.17) is 9.47 Å². The molecule has 0 aromatic carbocycles. The van der Waals surface area contributed by atoms with Crippen LogP contribution in [-0.4, -0.2) is 86.6 Å². The summed E-state index contributed by atoms with van der Waals surface area (Å²) in [6.45, 7) is 2.27. The Morgan fingerprint density at radius 2 is 1.91 bits per heavy atom. The number of imidazole rings is 1. The molecule has 19 heteroatoms. The number of aromatic nitrogens is 5. The molecule has 3 atom stereocenters. The first-order valence-corrected chi connectivity index (χ1v) is 13.2. The Morgan fingerprint density at radius 3 is 2.50 bits per heavy atom. The van der Waals surface area contributed by atoms with Crippen molar-refractivity contribution in [1.82, 2.24) is 40.4 Å². The fourth-order valence-electron chi connectivity index (χ4n) is 4.51. The second-order valence-electron chi connectivity index (χ2n) is 11.2. The Kier molecular flexibility index (Phi) is 8.73. The molecule has 1 aliphatic heterocycles. The van der Waals surface area contributed by atoms with Crippen LogP contribution >= 0.6 is 0 Å². The van der Waals surface area contributed by atoms with Crippen LogP contribution in [0.25, 0.3) is 5.65 Å². The van der Waals surface area contributed by atoms with Gasteiger partial charge in [0.05, 0.1) is 43.2 Å². The number of rotatable bonds is 11. The molecule has 0 bridgehead atoms. The molecule has 4 rings (SSSR count). The largest absolute Gasteiger partial charge is 0.477 e. The number of ether oxygens (including phenoxy) is 2. The number of alkyl halides is 6. The maximum absolute atomic E-state index is 13.6. The molecule has 0 saturated carbocycles. The van der Waals surface area contributed by atoms with Crippen LogP contribution in [-0.2, 0) is 11.2 Å². The van der Waals surface area contributed by atoms with E-state index in [1.165, 1.54) is 37.2 Å². The monoisotopic (exact) mass is 636 g/mol. The molecule has 1 fully saturated rings. The third kappa shape index (κ3) is 6.51. The lowest BCUT2D eigenvalue weighted by Crippen LogP contribution is -2.53. The highest BCUT2D eigenvalue weighted by atomic mass is 19.4. The van der Waals surface area contributed by atoms with Gasteiger partial charge in [0, 0.05) is 13.5 Å². The molecule has 0 unspecified atom stereocenters. The molecule has 0 aliphatic carbocycles. The van der Waals surface area contributed by atoms with Gasteiger partial charge < -0.3 is 20.1 Å². The molecule has 3 aromatic rings. The highest BCUT2D eigenvalue weighted by Crippen LogP contribution is 2.42. The lowest BCUT2D eigenvalue weighted by atomic mass is 9.85. The lowest BCUT2D eigenvalue weighted by Gasteiger charge is -2.29. The number of nitrogens with one attached hydrogen (secondary N) is 2. The van der Waals surface area contributed by atoms with Crippen molar-refractivity contribution < 1.29 is 50.0 Å². The molecular formula is C25H30F6N8O5. The zero-order valence-corrected chi connectivity index (χ0v) is 24.2. The standard InChI is InChI=1S/C25H30F6N8O5/c1-22(2,24(26,27)28)7-6-14(34-19(40)18-20(43-5)37-44-36-18)15-11-39-16(33-15)8-13(10-32-39)9-17(42-4)38-12-23(3,25(29,30)31)35-21(38)41/h8,10-11,14,17H,6-7,9,12H2,1-5H3,(H,34,40)(H,35,41)/t14-,17-,23-/m0/s1. The molecule has 3 aromatic heterocycles. The van der Waals surface area contributed by atoms with Crippen molar-refractivity contribution in [3.05, 3.63) is 35.4 Å². The Balaban J connectivity index is 1.59. The fraction of sp³-hybridized carbons (Fsp3) is 0.600. The summed E-state index contributed by atoms with van der Waals surface area (Å²) in [7, 11) is 2.47. The smallest absolute Gasteiger partial charge is 0.413 e. The van der Waals surface area contributed by atoms with Gasteiger partial charge in [-0.3, -0.25) is 9.69 Å². The van der Waals surface area contributed by atoms with Crippen LogP contribution in [0.15, 0.2) is 23.1 Å². The van der Waals surface area contributed by atoms with Crippen molar-refractivity contribution in [3.8, 4) is 5.88 Å². The molecule has 1 saturated heterocycles. The van der Waals surface area contributed by atoms with Gasteiger partial charge >= 0.3 is 18.4 Å². The van der Waals surface area contributed by atoms with Crippen LogP contribution in [0.1, 0.15) is 61.4 Å². The average molecular weight is 637 g/mol. The van der Waals surface area contributed by atoms with Crippen molar-refractivity contribution in [2.24, 2.45) is 5.41 Å². The number of halogens is 6. The summed E-state index contributed by atoms with van der Waals surface area (Å²) >= 11 is 0. The van der Waals surface area contributed by atoms with Gasteiger partial charge in [0.1, 0.15) is 6.23 Å². The summed E-state index contributed by atoms with van der Waals surface area (Å²) in [4.78, 5) is 30.7. The average Bonchev–Trinajstić information content (AvgIpc) is 3.65. The number of urea groups is 1. The highest BCUT2D eigenvalue weighted by molar-refractivity contribution is 5.94. The van der Waals surface area contributed by atoms with Crippen molar-refractivity contribution in [3.63, 3.8) is 0 Å². The van der Waals surface area contributed by atoms with Crippen LogP contribution in [0.3, 0.4) is 0 Å². The Labute approximate surface area is 246 Å². The van der Waals surface area contributed by atoms with E-state index in [-0.39, 0.29) is 42.2 Å². The number of methoxy groups -OCH3 is 2. The lowest BCUT2D eigenvalue weighted by molar-refractivity contribution is -0.214. The predicted octanol–water partition coefficient (Wildman–Crippen LogP) is 3.82. The van der Waals surface area contributed by atoms with E-state index in [0.717, 1.165) is 25.7 Å². The van der Waals surface area contributed by atoms with E-state index in [1.54, 1.807) is 0 Å². The van der Waals surface area contributed by atoms with Crippen molar-refractivity contribution in [2.75, 3.05) is 20.8 Å². The minimum absolute atomic E-state index is 0.0531. The summed E-state index contributed by atoms with van der Waals surface area (Å²) < 4.78 is 97.4. The van der Waals surface area contributed by atoms with Crippen molar-refractivity contribution in [1.29, 1.82) is 0 Å². The first-order valence-electron chi connectivity index (χ1n) is 13.2. The molecule has 0 spiro atoms. The zero-order chi connectivity index (χ0) is 32.7. The molecule has 44 heavy (non-hydrogen) atoms. The van der Waals surface area contributed by atoms with Gasteiger partial charge in [-0.1, -0.05) is 13.8 Å². The van der Waals surface area contributed by atoms with Crippen LogP contribution in [0, 0.1) is 5.41 Å². The van der Waals surface area contributed by atoms with E-state index < -0.39 is 54.1 Å². The summed E-state index contributed by atoms with van der Waals surface area (Å²) in [5.74, 6) is -1.06. The first kappa shape index (κ1) is 32.7. The summed E-state index contributed by atoms with van der Waals surface area (Å²) in [6.07, 6.45) is -8.12. The fourth-order valence-corrected chi connectivity index (χ4v) is 4.51. The van der Waals surface area contributed by atoms with Gasteiger partial charge in [0.2, 0.25) is 5.69 Å². The number of hydrogen-bond acceptors (Lipinski definition) is 9. The number of hydrogen-bond donors (Lipinski definition) is 2. The maximum atomic E-state index is 13.6. The number of fused-ring (bicyclic) bond motifs is 1. The summed E-state index contributed by atoms with van der Waals surface area (Å²) in [5, 5.41) is 15.7. The molecule has 2 N–H and O–H groups in total.